The van der Waals surface area contributed by atoms with Crippen LogP contribution in [0.2, 0.25) is 5.02 Å². The third-order valence-electron chi connectivity index (χ3n) is 7.26. The van der Waals surface area contributed by atoms with Gasteiger partial charge in [0.25, 0.3) is 0 Å². The van der Waals surface area contributed by atoms with Crippen molar-refractivity contribution in [3.63, 3.8) is 0 Å². The van der Waals surface area contributed by atoms with E-state index in [1.165, 1.54) is 19.1 Å². The molecule has 4 atom stereocenters. The van der Waals surface area contributed by atoms with Crippen LogP contribution in [-0.2, 0) is 31.1 Å². The van der Waals surface area contributed by atoms with Gasteiger partial charge in [0.15, 0.2) is 11.5 Å². The van der Waals surface area contributed by atoms with Crippen LogP contribution in [-0.4, -0.2) is 55.3 Å². The van der Waals surface area contributed by atoms with E-state index in [2.05, 4.69) is 10.6 Å². The van der Waals surface area contributed by atoms with E-state index in [0.717, 1.165) is 5.56 Å². The van der Waals surface area contributed by atoms with Gasteiger partial charge in [0.1, 0.15) is 5.54 Å². The Morgan fingerprint density at radius 3 is 2.53 bits per heavy atom. The molecular formula is C25H25ClN4O6. The number of benzene rings is 2. The van der Waals surface area contributed by atoms with Gasteiger partial charge in [0, 0.05) is 35.3 Å². The Morgan fingerprint density at radius 1 is 1.08 bits per heavy atom. The number of primary amides is 1. The van der Waals surface area contributed by atoms with Gasteiger partial charge >= 0.3 is 0 Å². The molecule has 2 fully saturated rings. The quantitative estimate of drug-likeness (QED) is 0.473. The number of rotatable bonds is 7. The van der Waals surface area contributed by atoms with Crippen LogP contribution in [0.1, 0.15) is 17.5 Å². The Morgan fingerprint density at radius 2 is 1.83 bits per heavy atom. The monoisotopic (exact) mass is 512 g/mol. The van der Waals surface area contributed by atoms with Gasteiger partial charge in [-0.2, -0.15) is 0 Å². The van der Waals surface area contributed by atoms with E-state index >= 15 is 0 Å². The van der Waals surface area contributed by atoms with Crippen molar-refractivity contribution in [2.75, 3.05) is 26.1 Å². The number of nitrogens with two attached hydrogens (primary N) is 1. The fraction of sp³-hybridized carbons (Fsp3) is 0.360. The van der Waals surface area contributed by atoms with Crippen molar-refractivity contribution >= 4 is 40.9 Å². The minimum Gasteiger partial charge on any atom is -0.493 e. The van der Waals surface area contributed by atoms with E-state index in [1.807, 2.05) is 6.07 Å². The highest BCUT2D eigenvalue weighted by Crippen LogP contribution is 2.53. The molecular weight excluding hydrogens is 488 g/mol. The molecule has 1 spiro atoms. The van der Waals surface area contributed by atoms with Crippen LogP contribution in [0, 0.1) is 11.8 Å². The molecule has 3 aliphatic heterocycles. The van der Waals surface area contributed by atoms with Crippen LogP contribution >= 0.6 is 11.6 Å². The molecule has 188 valence electrons. The number of carbonyl (C=O) groups excluding carboxylic acids is 4. The van der Waals surface area contributed by atoms with E-state index in [4.69, 9.17) is 26.8 Å². The molecule has 0 saturated carbocycles. The fourth-order valence-electron chi connectivity index (χ4n) is 5.72. The number of nitrogens with one attached hydrogen (secondary N) is 2. The van der Waals surface area contributed by atoms with Crippen molar-refractivity contribution in [3.8, 4) is 11.5 Å². The highest BCUT2D eigenvalue weighted by Gasteiger charge is 2.70. The number of nitrogens with zero attached hydrogens (tertiary/aromatic N) is 1. The first kappa shape index (κ1) is 24.1. The zero-order valence-electron chi connectivity index (χ0n) is 19.7. The maximum absolute atomic E-state index is 13.8. The summed E-state index contributed by atoms with van der Waals surface area (Å²) in [5, 5.41) is 6.32. The molecule has 0 unspecified atom stereocenters. The molecule has 0 aromatic heterocycles. The molecule has 3 heterocycles. The van der Waals surface area contributed by atoms with Crippen LogP contribution in [0.4, 0.5) is 5.69 Å². The van der Waals surface area contributed by atoms with Crippen molar-refractivity contribution in [1.82, 2.24) is 10.2 Å². The summed E-state index contributed by atoms with van der Waals surface area (Å²) in [5.74, 6) is -2.90. The maximum atomic E-state index is 13.8. The lowest BCUT2D eigenvalue weighted by atomic mass is 9.76. The van der Waals surface area contributed by atoms with Crippen molar-refractivity contribution in [1.29, 1.82) is 0 Å². The number of anilines is 1. The normalized spacial score (nSPS) is 26.2. The average molecular weight is 513 g/mol. The van der Waals surface area contributed by atoms with Gasteiger partial charge in [-0.05, 0) is 42.3 Å². The first-order chi connectivity index (χ1) is 17.2. The summed E-state index contributed by atoms with van der Waals surface area (Å²) in [6.45, 7) is 0.101. The Balaban J connectivity index is 1.49. The van der Waals surface area contributed by atoms with Crippen LogP contribution in [0.5, 0.6) is 11.5 Å². The van der Waals surface area contributed by atoms with Gasteiger partial charge in [-0.15, -0.1) is 0 Å². The topological polar surface area (TPSA) is 140 Å². The SMILES string of the molecule is COc1ccc(CCN2C(=O)[C@@H]3[C@H](CC(N)=O)N[C@@]4(C(=O)Nc5ccc(Cl)cc54)[C@@H]3C2=O)cc1OC. The Labute approximate surface area is 212 Å². The lowest BCUT2D eigenvalue weighted by molar-refractivity contribution is -0.142. The fourth-order valence-corrected chi connectivity index (χ4v) is 5.89. The number of amides is 4. The van der Waals surface area contributed by atoms with Gasteiger partial charge < -0.3 is 20.5 Å². The van der Waals surface area contributed by atoms with Gasteiger partial charge in [-0.1, -0.05) is 17.7 Å². The smallest absolute Gasteiger partial charge is 0.250 e. The summed E-state index contributed by atoms with van der Waals surface area (Å²) >= 11 is 6.23. The van der Waals surface area contributed by atoms with Gasteiger partial charge in [-0.3, -0.25) is 29.4 Å². The number of hydrogen-bond acceptors (Lipinski definition) is 7. The van der Waals surface area contributed by atoms with Crippen molar-refractivity contribution in [3.05, 3.63) is 52.5 Å². The molecule has 11 heteroatoms. The standard InChI is InChI=1S/C25H25ClN4O6/c1-35-17-6-3-12(9-18(17)36-2)7-8-30-22(32)20-16(11-19(27)31)29-25(21(20)23(30)33)14-10-13(26)4-5-15(14)28-24(25)34/h3-6,9-10,16,20-21,29H,7-8,11H2,1-2H3,(H2,27,31)(H,28,34)/t16-,20+,21-,25+/m0/s1. The van der Waals surface area contributed by atoms with Crippen LogP contribution in [0.3, 0.4) is 0 Å². The third-order valence-corrected chi connectivity index (χ3v) is 7.50. The second-order valence-electron chi connectivity index (χ2n) is 9.14. The molecule has 0 aliphatic carbocycles. The van der Waals surface area contributed by atoms with E-state index in [0.29, 0.717) is 34.2 Å². The van der Waals surface area contributed by atoms with Crippen molar-refractivity contribution < 1.29 is 28.7 Å². The molecule has 5 rings (SSSR count). The summed E-state index contributed by atoms with van der Waals surface area (Å²) in [4.78, 5) is 53.7. The van der Waals surface area contributed by atoms with E-state index < -0.39 is 47.0 Å². The Kier molecular flexibility index (Phi) is 5.88. The molecule has 36 heavy (non-hydrogen) atoms. The molecule has 2 aromatic rings. The summed E-state index contributed by atoms with van der Waals surface area (Å²) < 4.78 is 10.6. The predicted molar refractivity (Wildman–Crippen MR) is 129 cm³/mol. The average Bonchev–Trinajstić information content (AvgIpc) is 3.41. The largest absolute Gasteiger partial charge is 0.493 e. The highest BCUT2D eigenvalue weighted by atomic mass is 35.5. The summed E-state index contributed by atoms with van der Waals surface area (Å²) in [5.41, 5.74) is 5.74. The molecule has 2 aromatic carbocycles. The zero-order valence-corrected chi connectivity index (χ0v) is 20.4. The first-order valence-electron chi connectivity index (χ1n) is 11.4. The number of carbonyl (C=O) groups is 4. The molecule has 3 aliphatic rings. The molecule has 4 amide bonds. The minimum atomic E-state index is -1.53. The van der Waals surface area contributed by atoms with E-state index in [1.54, 1.807) is 30.3 Å². The second kappa shape index (κ2) is 8.79. The van der Waals surface area contributed by atoms with Crippen molar-refractivity contribution in [2.45, 2.75) is 24.4 Å². The third kappa shape index (κ3) is 3.51. The maximum Gasteiger partial charge on any atom is 0.250 e. The van der Waals surface area contributed by atoms with E-state index in [9.17, 15) is 19.2 Å². The summed E-state index contributed by atoms with van der Waals surface area (Å²) in [6, 6.07) is 9.46. The molecule has 4 N–H and O–H groups in total. The lowest BCUT2D eigenvalue weighted by Gasteiger charge is -2.29. The first-order valence-corrected chi connectivity index (χ1v) is 11.8. The zero-order chi connectivity index (χ0) is 25.8. The Bertz CT molecular complexity index is 1300. The van der Waals surface area contributed by atoms with Crippen LogP contribution in [0.25, 0.3) is 0 Å². The number of likely N-dealkylation sites (tertiary alicyclic amines) is 1. The molecule has 0 bridgehead atoms. The second-order valence-corrected chi connectivity index (χ2v) is 9.58. The molecule has 0 radical (unpaired) electrons. The predicted octanol–water partition coefficient (Wildman–Crippen LogP) is 1.20. The van der Waals surface area contributed by atoms with Gasteiger partial charge in [0.2, 0.25) is 23.6 Å². The molecule has 10 nitrogen and oxygen atoms in total. The van der Waals surface area contributed by atoms with E-state index in [-0.39, 0.29) is 13.0 Å². The minimum absolute atomic E-state index is 0.101. The number of halogens is 1. The number of fused-ring (bicyclic) bond motifs is 4. The van der Waals surface area contributed by atoms with Gasteiger partial charge in [-0.25, -0.2) is 0 Å². The van der Waals surface area contributed by atoms with Gasteiger partial charge in [0.05, 0.1) is 26.1 Å². The summed E-state index contributed by atoms with van der Waals surface area (Å²) in [6.07, 6.45) is 0.168. The number of imide groups is 1. The lowest BCUT2D eigenvalue weighted by Crippen LogP contribution is -2.53. The number of hydrogen-bond donors (Lipinski definition) is 3. The Hall–Kier alpha value is -3.63. The van der Waals surface area contributed by atoms with Crippen molar-refractivity contribution in [2.24, 2.45) is 17.6 Å². The number of ether oxygens (including phenoxy) is 2. The number of methoxy groups -OCH3 is 2. The van der Waals surface area contributed by atoms with Crippen LogP contribution in [0.15, 0.2) is 36.4 Å². The summed E-state index contributed by atoms with van der Waals surface area (Å²) in [7, 11) is 3.06. The highest BCUT2D eigenvalue weighted by molar-refractivity contribution is 6.31. The van der Waals surface area contributed by atoms with Crippen LogP contribution < -0.4 is 25.8 Å². The molecule has 2 saturated heterocycles.